The first-order chi connectivity index (χ1) is 23.1. The minimum absolute atomic E-state index is 0.0731. The number of aliphatic imine (C=N–C) groups is 1. The van der Waals surface area contributed by atoms with Crippen LogP contribution < -0.4 is 5.32 Å². The van der Waals surface area contributed by atoms with Crippen LogP contribution in [-0.4, -0.2) is 50.9 Å². The Hall–Kier alpha value is -4.82. The number of amidine groups is 1. The first-order valence-corrected chi connectivity index (χ1v) is 15.9. The standard InChI is InChI=1S/C34H30F4N4O5S/c35-27-15-14-24(18-26(27)34(36,37)38)40-32-42(19-25-8-5-17-46-25)31(44)29(48-32)22-10-12-23(13-11-22)39-30(43)28-9-4-16-41(28)33(45)47-20-21-6-2-1-3-7-21/h1-3,5-8,10-15,17-18,28-29,31,44H,4,9,16,19-20H2,(H,39,43)/t28-,29?,31?/m0/s1. The molecule has 2 amide bonds. The number of carbonyl (C=O) groups excluding carboxylic acids is 2. The highest BCUT2D eigenvalue weighted by Gasteiger charge is 2.40. The first kappa shape index (κ1) is 33.1. The van der Waals surface area contributed by atoms with Crippen molar-refractivity contribution in [1.29, 1.82) is 0 Å². The van der Waals surface area contributed by atoms with E-state index >= 15 is 0 Å². The van der Waals surface area contributed by atoms with Gasteiger partial charge in [0.15, 0.2) is 5.17 Å². The topological polar surface area (TPSA) is 108 Å². The number of halogens is 4. The molecule has 14 heteroatoms. The number of rotatable bonds is 8. The molecule has 0 spiro atoms. The van der Waals surface area contributed by atoms with E-state index in [-0.39, 0.29) is 29.9 Å². The summed E-state index contributed by atoms with van der Waals surface area (Å²) in [5.74, 6) is -1.28. The number of nitrogens with zero attached hydrogens (tertiary/aromatic N) is 3. The second kappa shape index (κ2) is 14.1. The SMILES string of the molecule is O=C(Nc1ccc(C2SC(=Nc3ccc(F)c(C(F)(F)F)c3)N(Cc3ccco3)C2O)cc1)[C@@H]1CCCN1C(=O)OCc1ccccc1. The number of likely N-dealkylation sites (tertiary alicyclic amines) is 1. The Kier molecular flexibility index (Phi) is 9.73. The molecule has 9 nitrogen and oxygen atoms in total. The summed E-state index contributed by atoms with van der Waals surface area (Å²) in [5.41, 5.74) is 0.390. The fourth-order valence-electron chi connectivity index (χ4n) is 5.53. The molecular weight excluding hydrogens is 652 g/mol. The summed E-state index contributed by atoms with van der Waals surface area (Å²) in [5, 5.41) is 13.8. The van der Waals surface area contributed by atoms with E-state index in [0.717, 1.165) is 23.4 Å². The zero-order chi connectivity index (χ0) is 33.8. The molecule has 0 bridgehead atoms. The molecule has 48 heavy (non-hydrogen) atoms. The Balaban J connectivity index is 1.15. The zero-order valence-electron chi connectivity index (χ0n) is 25.3. The molecule has 4 aromatic rings. The van der Waals surface area contributed by atoms with Crippen LogP contribution in [0.1, 0.15) is 40.5 Å². The van der Waals surface area contributed by atoms with E-state index in [9.17, 15) is 32.3 Å². The van der Waals surface area contributed by atoms with Crippen LogP contribution in [0.15, 0.2) is 101 Å². The van der Waals surface area contributed by atoms with Crippen LogP contribution in [0.3, 0.4) is 0 Å². The number of hydrogen-bond donors (Lipinski definition) is 2. The van der Waals surface area contributed by atoms with Gasteiger partial charge < -0.3 is 24.5 Å². The third kappa shape index (κ3) is 7.50. The van der Waals surface area contributed by atoms with Crippen molar-refractivity contribution in [2.75, 3.05) is 11.9 Å². The lowest BCUT2D eigenvalue weighted by molar-refractivity contribution is -0.140. The van der Waals surface area contributed by atoms with Crippen LogP contribution in [0.25, 0.3) is 0 Å². The molecule has 3 atom stereocenters. The summed E-state index contributed by atoms with van der Waals surface area (Å²) in [6.07, 6.45) is -4.02. The van der Waals surface area contributed by atoms with Gasteiger partial charge in [-0.1, -0.05) is 54.2 Å². The number of amides is 2. The zero-order valence-corrected chi connectivity index (χ0v) is 26.1. The largest absolute Gasteiger partial charge is 0.467 e. The third-order valence-corrected chi connectivity index (χ3v) is 9.26. The number of aliphatic hydroxyl groups excluding tert-OH is 1. The van der Waals surface area contributed by atoms with Crippen molar-refractivity contribution in [1.82, 2.24) is 9.80 Å². The number of benzene rings is 3. The monoisotopic (exact) mass is 682 g/mol. The molecule has 2 saturated heterocycles. The van der Waals surface area contributed by atoms with Gasteiger partial charge in [0.05, 0.1) is 29.3 Å². The smallest absolute Gasteiger partial charge is 0.419 e. The highest BCUT2D eigenvalue weighted by atomic mass is 32.2. The molecule has 2 unspecified atom stereocenters. The predicted molar refractivity (Wildman–Crippen MR) is 171 cm³/mol. The van der Waals surface area contributed by atoms with E-state index in [1.807, 2.05) is 30.3 Å². The van der Waals surface area contributed by atoms with Gasteiger partial charge in [-0.3, -0.25) is 9.69 Å². The molecule has 250 valence electrons. The summed E-state index contributed by atoms with van der Waals surface area (Å²) >= 11 is 1.12. The Labute approximate surface area is 277 Å². The van der Waals surface area contributed by atoms with Crippen molar-refractivity contribution in [3.05, 3.63) is 119 Å². The van der Waals surface area contributed by atoms with E-state index in [1.165, 1.54) is 16.1 Å². The van der Waals surface area contributed by atoms with Crippen LogP contribution in [-0.2, 0) is 28.9 Å². The molecule has 2 fully saturated rings. The molecule has 0 saturated carbocycles. The molecule has 2 N–H and O–H groups in total. The van der Waals surface area contributed by atoms with Crippen molar-refractivity contribution in [3.63, 3.8) is 0 Å². The van der Waals surface area contributed by atoms with Gasteiger partial charge >= 0.3 is 12.3 Å². The normalized spacial score (nSPS) is 20.4. The quantitative estimate of drug-likeness (QED) is 0.186. The van der Waals surface area contributed by atoms with Gasteiger partial charge in [0.25, 0.3) is 0 Å². The van der Waals surface area contributed by atoms with E-state index in [0.29, 0.717) is 48.5 Å². The number of aliphatic hydroxyl groups is 1. The molecule has 0 aliphatic carbocycles. The van der Waals surface area contributed by atoms with Crippen LogP contribution in [0.5, 0.6) is 0 Å². The number of anilines is 1. The second-order valence-corrected chi connectivity index (χ2v) is 12.3. The van der Waals surface area contributed by atoms with Gasteiger partial charge in [0, 0.05) is 12.2 Å². The van der Waals surface area contributed by atoms with Crippen molar-refractivity contribution < 1.29 is 41.4 Å². The van der Waals surface area contributed by atoms with Gasteiger partial charge in [-0.25, -0.2) is 14.2 Å². The lowest BCUT2D eigenvalue weighted by Gasteiger charge is -2.24. The van der Waals surface area contributed by atoms with E-state index in [2.05, 4.69) is 10.3 Å². The third-order valence-electron chi connectivity index (χ3n) is 7.96. The molecule has 3 heterocycles. The lowest BCUT2D eigenvalue weighted by Crippen LogP contribution is -2.43. The first-order valence-electron chi connectivity index (χ1n) is 15.0. The lowest BCUT2D eigenvalue weighted by atomic mass is 10.1. The number of hydrogen-bond acceptors (Lipinski definition) is 7. The van der Waals surface area contributed by atoms with Crippen LogP contribution in [0, 0.1) is 5.82 Å². The van der Waals surface area contributed by atoms with Crippen LogP contribution in [0.4, 0.5) is 33.7 Å². The van der Waals surface area contributed by atoms with Crippen molar-refractivity contribution in [2.24, 2.45) is 4.99 Å². The molecule has 3 aromatic carbocycles. The summed E-state index contributed by atoms with van der Waals surface area (Å²) in [4.78, 5) is 33.2. The van der Waals surface area contributed by atoms with Gasteiger partial charge in [-0.15, -0.1) is 0 Å². The Bertz CT molecular complexity index is 1770. The molecule has 1 aromatic heterocycles. The average Bonchev–Trinajstić information content (AvgIpc) is 3.84. The predicted octanol–water partition coefficient (Wildman–Crippen LogP) is 7.47. The number of ether oxygens (including phenoxy) is 1. The van der Waals surface area contributed by atoms with Gasteiger partial charge in [-0.2, -0.15) is 13.2 Å². The number of thioether (sulfide) groups is 1. The maximum absolute atomic E-state index is 13.9. The van der Waals surface area contributed by atoms with Crippen molar-refractivity contribution in [3.8, 4) is 0 Å². The Morgan fingerprint density at radius 1 is 1.04 bits per heavy atom. The molecular formula is C34H30F4N4O5S. The summed E-state index contributed by atoms with van der Waals surface area (Å²) in [6.45, 7) is 0.569. The summed E-state index contributed by atoms with van der Waals surface area (Å²) in [7, 11) is 0. The van der Waals surface area contributed by atoms with E-state index in [1.54, 1.807) is 36.4 Å². The summed E-state index contributed by atoms with van der Waals surface area (Å²) < 4.78 is 64.8. The maximum atomic E-state index is 13.9. The minimum atomic E-state index is -4.90. The van der Waals surface area contributed by atoms with Crippen molar-refractivity contribution >= 4 is 40.3 Å². The number of carbonyl (C=O) groups is 2. The van der Waals surface area contributed by atoms with Crippen LogP contribution in [0.2, 0.25) is 0 Å². The maximum Gasteiger partial charge on any atom is 0.419 e. The van der Waals surface area contributed by atoms with Crippen LogP contribution >= 0.6 is 11.8 Å². The van der Waals surface area contributed by atoms with E-state index in [4.69, 9.17) is 9.15 Å². The fourth-order valence-corrected chi connectivity index (χ4v) is 6.79. The second-order valence-electron chi connectivity index (χ2n) is 11.2. The van der Waals surface area contributed by atoms with Gasteiger partial charge in [-0.05, 0) is 66.4 Å². The summed E-state index contributed by atoms with van der Waals surface area (Å²) in [6, 6.07) is 21.1. The van der Waals surface area contributed by atoms with Gasteiger partial charge in [0.2, 0.25) is 5.91 Å². The Morgan fingerprint density at radius 2 is 1.81 bits per heavy atom. The molecule has 6 rings (SSSR count). The molecule has 0 radical (unpaired) electrons. The van der Waals surface area contributed by atoms with Crippen molar-refractivity contribution in [2.45, 2.75) is 49.7 Å². The fraction of sp³-hybridized carbons (Fsp3) is 0.265. The molecule has 2 aliphatic heterocycles. The minimum Gasteiger partial charge on any atom is -0.467 e. The number of nitrogens with one attached hydrogen (secondary N) is 1. The average molecular weight is 683 g/mol. The highest BCUT2D eigenvalue weighted by Crippen LogP contribution is 2.44. The Morgan fingerprint density at radius 3 is 2.52 bits per heavy atom. The number of furan rings is 1. The van der Waals surface area contributed by atoms with E-state index < -0.39 is 41.2 Å². The number of alkyl halides is 3. The van der Waals surface area contributed by atoms with Gasteiger partial charge in [0.1, 0.15) is 30.5 Å². The molecule has 2 aliphatic rings. The highest BCUT2D eigenvalue weighted by molar-refractivity contribution is 8.14.